The third kappa shape index (κ3) is 2.78. The number of aromatic nitrogens is 1. The van der Waals surface area contributed by atoms with Crippen LogP contribution in [0.3, 0.4) is 0 Å². The highest BCUT2D eigenvalue weighted by atomic mass is 35.5. The third-order valence-corrected chi connectivity index (χ3v) is 1.62. The van der Waals surface area contributed by atoms with Gasteiger partial charge in [0.2, 0.25) is 0 Å². The lowest BCUT2D eigenvalue weighted by Crippen LogP contribution is -3.00. The van der Waals surface area contributed by atoms with E-state index in [1.54, 1.807) is 0 Å². The van der Waals surface area contributed by atoms with Crippen molar-refractivity contribution in [2.24, 2.45) is 0 Å². The lowest BCUT2D eigenvalue weighted by molar-refractivity contribution is -0.00000164. The van der Waals surface area contributed by atoms with Crippen LogP contribution in [0.25, 0.3) is 0 Å². The average molecular weight is 162 g/mol. The molecule has 0 aliphatic carbocycles. The number of pyridine rings is 1. The fraction of sp³-hybridized carbons (Fsp3) is 0.167. The second kappa shape index (κ2) is 4.72. The largest absolute Gasteiger partial charge is 1.00 e. The molecule has 1 unspecified atom stereocenters. The highest BCUT2D eigenvalue weighted by Gasteiger charge is 1.84. The molecule has 50 valence electrons. The van der Waals surface area contributed by atoms with E-state index in [0.717, 1.165) is 6.16 Å². The van der Waals surface area contributed by atoms with Gasteiger partial charge in [0.05, 0.1) is 6.16 Å². The van der Waals surface area contributed by atoms with Gasteiger partial charge in [0.1, 0.15) is 0 Å². The van der Waals surface area contributed by atoms with Crippen LogP contribution >= 0.6 is 9.24 Å². The Morgan fingerprint density at radius 2 is 1.89 bits per heavy atom. The third-order valence-electron chi connectivity index (χ3n) is 1.04. The van der Waals surface area contributed by atoms with Gasteiger partial charge in [-0.2, -0.15) is 0 Å². The average Bonchev–Trinajstić information content (AvgIpc) is 1.90. The van der Waals surface area contributed by atoms with Crippen molar-refractivity contribution in [1.82, 2.24) is 4.98 Å². The highest BCUT2D eigenvalue weighted by Crippen LogP contribution is 2.00. The molecule has 1 aromatic heterocycles. The van der Waals surface area contributed by atoms with Crippen molar-refractivity contribution in [3.05, 3.63) is 30.1 Å². The Kier molecular flexibility index (Phi) is 4.65. The summed E-state index contributed by atoms with van der Waals surface area (Å²) in [7, 11) is 1.96. The molecule has 1 rings (SSSR count). The molecule has 3 heteroatoms. The molecule has 0 saturated heterocycles. The highest BCUT2D eigenvalue weighted by molar-refractivity contribution is 7.15. The maximum Gasteiger partial charge on any atom is 0.0775 e. The minimum atomic E-state index is 0. The van der Waals surface area contributed by atoms with E-state index in [1.807, 2.05) is 33.8 Å². The SMILES string of the molecule is [Cl-].[PH3+]Cc1ccncc1. The van der Waals surface area contributed by atoms with E-state index in [2.05, 4.69) is 4.98 Å². The standard InChI is InChI=1S/C6H8NP.ClH/c8-5-6-1-3-7-4-2-6;/h1-4H,5,8H2;1H. The molecule has 0 fully saturated rings. The quantitative estimate of drug-likeness (QED) is 0.443. The number of hydrogen-bond acceptors (Lipinski definition) is 1. The molecule has 0 aliphatic heterocycles. The van der Waals surface area contributed by atoms with Crippen LogP contribution in [0.2, 0.25) is 0 Å². The Labute approximate surface area is 63.5 Å². The van der Waals surface area contributed by atoms with Crippen LogP contribution in [-0.2, 0) is 6.16 Å². The van der Waals surface area contributed by atoms with E-state index < -0.39 is 0 Å². The van der Waals surface area contributed by atoms with Crippen LogP contribution in [0.15, 0.2) is 24.5 Å². The normalized spacial score (nSPS) is 8.44. The molecule has 1 atom stereocenters. The molecule has 9 heavy (non-hydrogen) atoms. The van der Waals surface area contributed by atoms with E-state index in [-0.39, 0.29) is 12.4 Å². The molecule has 0 radical (unpaired) electrons. The van der Waals surface area contributed by atoms with E-state index >= 15 is 0 Å². The van der Waals surface area contributed by atoms with Gasteiger partial charge in [0.25, 0.3) is 0 Å². The zero-order valence-corrected chi connectivity index (χ0v) is 7.22. The van der Waals surface area contributed by atoms with Crippen molar-refractivity contribution in [3.63, 3.8) is 0 Å². The van der Waals surface area contributed by atoms with Gasteiger partial charge in [-0.1, -0.05) is 0 Å². The van der Waals surface area contributed by atoms with E-state index in [0.29, 0.717) is 0 Å². The summed E-state index contributed by atoms with van der Waals surface area (Å²) in [4.78, 5) is 3.90. The summed E-state index contributed by atoms with van der Waals surface area (Å²) in [6, 6.07) is 4.07. The summed E-state index contributed by atoms with van der Waals surface area (Å²) in [6.45, 7) is 0. The summed E-state index contributed by atoms with van der Waals surface area (Å²) in [5, 5.41) is 0. The van der Waals surface area contributed by atoms with Gasteiger partial charge in [0.15, 0.2) is 0 Å². The summed E-state index contributed by atoms with van der Waals surface area (Å²) >= 11 is 0. The van der Waals surface area contributed by atoms with Crippen LogP contribution in [0.1, 0.15) is 5.56 Å². The molecular formula is C6H9ClNP. The lowest BCUT2D eigenvalue weighted by Gasteiger charge is -1.86. The molecule has 1 aromatic rings. The van der Waals surface area contributed by atoms with Crippen molar-refractivity contribution < 1.29 is 12.4 Å². The van der Waals surface area contributed by atoms with Crippen LogP contribution in [0, 0.1) is 0 Å². The fourth-order valence-electron chi connectivity index (χ4n) is 0.549. The molecule has 0 saturated carbocycles. The van der Waals surface area contributed by atoms with E-state index in [9.17, 15) is 0 Å². The van der Waals surface area contributed by atoms with Gasteiger partial charge in [-0.15, -0.1) is 0 Å². The zero-order valence-electron chi connectivity index (χ0n) is 5.05. The van der Waals surface area contributed by atoms with E-state index in [1.165, 1.54) is 5.56 Å². The van der Waals surface area contributed by atoms with Gasteiger partial charge >= 0.3 is 0 Å². The van der Waals surface area contributed by atoms with Crippen molar-refractivity contribution in [2.75, 3.05) is 0 Å². The fourth-order valence-corrected chi connectivity index (χ4v) is 0.883. The predicted octanol–water partition coefficient (Wildman–Crippen LogP) is -1.81. The van der Waals surface area contributed by atoms with Crippen molar-refractivity contribution in [3.8, 4) is 0 Å². The molecule has 0 N–H and O–H groups in total. The maximum absolute atomic E-state index is 3.90. The number of nitrogens with zero attached hydrogens (tertiary/aromatic N) is 1. The minimum Gasteiger partial charge on any atom is -1.00 e. The van der Waals surface area contributed by atoms with E-state index in [4.69, 9.17) is 0 Å². The predicted molar refractivity (Wildman–Crippen MR) is 39.0 cm³/mol. The van der Waals surface area contributed by atoms with Crippen LogP contribution < -0.4 is 12.4 Å². The Morgan fingerprint density at radius 1 is 1.33 bits per heavy atom. The smallest absolute Gasteiger partial charge is 0.0775 e. The summed E-state index contributed by atoms with van der Waals surface area (Å²) in [6.07, 6.45) is 4.77. The summed E-state index contributed by atoms with van der Waals surface area (Å²) in [5.74, 6) is 0. The second-order valence-corrected chi connectivity index (χ2v) is 2.11. The van der Waals surface area contributed by atoms with Crippen LogP contribution in [0.4, 0.5) is 0 Å². The van der Waals surface area contributed by atoms with Gasteiger partial charge < -0.3 is 12.4 Å². The Hall–Kier alpha value is -0.130. The Morgan fingerprint density at radius 3 is 2.22 bits per heavy atom. The first-order valence-electron chi connectivity index (χ1n) is 2.61. The first-order chi connectivity index (χ1) is 3.93. The molecule has 1 heterocycles. The second-order valence-electron chi connectivity index (χ2n) is 1.61. The first kappa shape index (κ1) is 8.87. The number of hydrogen-bond donors (Lipinski definition) is 0. The van der Waals surface area contributed by atoms with Crippen molar-refractivity contribution >= 4 is 9.24 Å². The van der Waals surface area contributed by atoms with Crippen LogP contribution in [-0.4, -0.2) is 4.98 Å². The van der Waals surface area contributed by atoms with Gasteiger partial charge in [-0.05, 0) is 26.9 Å². The maximum atomic E-state index is 3.90. The topological polar surface area (TPSA) is 12.9 Å². The molecule has 0 amide bonds. The zero-order chi connectivity index (χ0) is 5.82. The summed E-state index contributed by atoms with van der Waals surface area (Å²) in [5.41, 5.74) is 1.36. The molecule has 1 nitrogen and oxygen atoms in total. The molecule has 0 aliphatic rings. The van der Waals surface area contributed by atoms with Gasteiger partial charge in [-0.25, -0.2) is 0 Å². The molecule has 0 spiro atoms. The molecular weight excluding hydrogens is 152 g/mol. The van der Waals surface area contributed by atoms with Gasteiger partial charge in [-0.3, -0.25) is 4.98 Å². The monoisotopic (exact) mass is 161 g/mol. The lowest BCUT2D eigenvalue weighted by atomic mass is 10.3. The number of halogens is 1. The Bertz CT molecular complexity index is 154. The van der Waals surface area contributed by atoms with Crippen LogP contribution in [0.5, 0.6) is 0 Å². The Balaban J connectivity index is 0.000000640. The molecule has 0 aromatic carbocycles. The molecule has 0 bridgehead atoms. The summed E-state index contributed by atoms with van der Waals surface area (Å²) < 4.78 is 0. The number of rotatable bonds is 1. The van der Waals surface area contributed by atoms with Crippen molar-refractivity contribution in [1.29, 1.82) is 0 Å². The van der Waals surface area contributed by atoms with Gasteiger partial charge in [0, 0.05) is 12.4 Å². The first-order valence-corrected chi connectivity index (χ1v) is 3.61. The van der Waals surface area contributed by atoms with Crippen molar-refractivity contribution in [2.45, 2.75) is 6.16 Å². The minimum absolute atomic E-state index is 0.